The van der Waals surface area contributed by atoms with Crippen LogP contribution in [0.5, 0.6) is 5.75 Å². The molecule has 154 valence electrons. The zero-order chi connectivity index (χ0) is 20.5. The molecule has 0 aliphatic heterocycles. The molecule has 1 aromatic heterocycles. The van der Waals surface area contributed by atoms with Gasteiger partial charge in [-0.3, -0.25) is 4.79 Å². The standard InChI is InChI=1S/C18H24F2N4O4/c1-4-26-16(27-5-2)11-24-10-15(22-23-24)17(25)21-12(3)13-7-6-8-14(9-13)28-18(19)20/h6-10,12,16,18H,4-5,11H2,1-3H3,(H,21,25). The van der Waals surface area contributed by atoms with Crippen molar-refractivity contribution < 1.29 is 27.8 Å². The number of carbonyl (C=O) groups excluding carboxylic acids is 1. The summed E-state index contributed by atoms with van der Waals surface area (Å²) in [5.74, 6) is -0.416. The summed E-state index contributed by atoms with van der Waals surface area (Å²) < 4.78 is 41.4. The minimum absolute atomic E-state index is 0.0254. The fraction of sp³-hybridized carbons (Fsp3) is 0.500. The van der Waals surface area contributed by atoms with E-state index in [0.717, 1.165) is 0 Å². The third kappa shape index (κ3) is 6.54. The number of hydrogen-bond acceptors (Lipinski definition) is 6. The van der Waals surface area contributed by atoms with E-state index in [-0.39, 0.29) is 11.4 Å². The van der Waals surface area contributed by atoms with E-state index in [4.69, 9.17) is 9.47 Å². The molecule has 0 aliphatic rings. The van der Waals surface area contributed by atoms with Crippen molar-refractivity contribution in [3.8, 4) is 5.75 Å². The molecule has 1 amide bonds. The number of alkyl halides is 2. The Bertz CT molecular complexity index is 751. The molecule has 0 aliphatic carbocycles. The Balaban J connectivity index is 1.98. The molecule has 0 spiro atoms. The number of nitrogens with zero attached hydrogens (tertiary/aromatic N) is 3. The molecular formula is C18H24F2N4O4. The van der Waals surface area contributed by atoms with Gasteiger partial charge in [0.15, 0.2) is 12.0 Å². The van der Waals surface area contributed by atoms with E-state index in [2.05, 4.69) is 20.4 Å². The number of halogens is 2. The van der Waals surface area contributed by atoms with Crippen molar-refractivity contribution in [2.75, 3.05) is 13.2 Å². The SMILES string of the molecule is CCOC(Cn1cc(C(=O)NC(C)c2cccc(OC(F)F)c2)nn1)OCC. The molecule has 0 bridgehead atoms. The van der Waals surface area contributed by atoms with Gasteiger partial charge in [-0.2, -0.15) is 8.78 Å². The molecule has 28 heavy (non-hydrogen) atoms. The van der Waals surface area contributed by atoms with Gasteiger partial charge in [0, 0.05) is 13.2 Å². The Labute approximate surface area is 161 Å². The minimum Gasteiger partial charge on any atom is -0.435 e. The highest BCUT2D eigenvalue weighted by Crippen LogP contribution is 2.21. The van der Waals surface area contributed by atoms with Crippen molar-refractivity contribution in [2.24, 2.45) is 0 Å². The Hall–Kier alpha value is -2.59. The molecule has 0 saturated heterocycles. The Morgan fingerprint density at radius 1 is 1.25 bits per heavy atom. The first-order valence-corrected chi connectivity index (χ1v) is 8.91. The van der Waals surface area contributed by atoms with Crippen molar-refractivity contribution in [2.45, 2.75) is 46.3 Å². The molecule has 0 saturated carbocycles. The Morgan fingerprint density at radius 2 is 1.96 bits per heavy atom. The second kappa shape index (κ2) is 10.7. The third-order valence-corrected chi connectivity index (χ3v) is 3.74. The first-order chi connectivity index (χ1) is 13.4. The van der Waals surface area contributed by atoms with Gasteiger partial charge in [-0.25, -0.2) is 4.68 Å². The summed E-state index contributed by atoms with van der Waals surface area (Å²) >= 11 is 0. The maximum Gasteiger partial charge on any atom is 0.387 e. The van der Waals surface area contributed by atoms with E-state index < -0.39 is 24.9 Å². The van der Waals surface area contributed by atoms with Crippen molar-refractivity contribution in [3.63, 3.8) is 0 Å². The predicted molar refractivity (Wildman–Crippen MR) is 96.0 cm³/mol. The number of amides is 1. The van der Waals surface area contributed by atoms with E-state index in [0.29, 0.717) is 25.3 Å². The highest BCUT2D eigenvalue weighted by Gasteiger charge is 2.17. The Kier molecular flexibility index (Phi) is 8.27. The van der Waals surface area contributed by atoms with Crippen molar-refractivity contribution in [3.05, 3.63) is 41.7 Å². The first-order valence-electron chi connectivity index (χ1n) is 8.91. The van der Waals surface area contributed by atoms with Crippen LogP contribution >= 0.6 is 0 Å². The molecule has 1 aromatic carbocycles. The molecule has 2 rings (SSSR count). The zero-order valence-electron chi connectivity index (χ0n) is 16.0. The summed E-state index contributed by atoms with van der Waals surface area (Å²) in [4.78, 5) is 12.4. The maximum atomic E-state index is 12.4. The second-order valence-corrected chi connectivity index (χ2v) is 5.81. The number of benzene rings is 1. The third-order valence-electron chi connectivity index (χ3n) is 3.74. The molecule has 0 fully saturated rings. The molecule has 1 unspecified atom stereocenters. The van der Waals surface area contributed by atoms with Crippen LogP contribution in [0.3, 0.4) is 0 Å². The minimum atomic E-state index is -2.91. The van der Waals surface area contributed by atoms with Gasteiger partial charge in [-0.05, 0) is 38.5 Å². The van der Waals surface area contributed by atoms with Crippen molar-refractivity contribution in [1.82, 2.24) is 20.3 Å². The van der Waals surface area contributed by atoms with Crippen LogP contribution in [0.1, 0.15) is 42.9 Å². The van der Waals surface area contributed by atoms with Crippen LogP contribution in [0.25, 0.3) is 0 Å². The van der Waals surface area contributed by atoms with Crippen LogP contribution in [-0.2, 0) is 16.0 Å². The van der Waals surface area contributed by atoms with Gasteiger partial charge in [-0.1, -0.05) is 17.3 Å². The summed E-state index contributed by atoms with van der Waals surface area (Å²) in [6.07, 6.45) is 1.01. The lowest BCUT2D eigenvalue weighted by atomic mass is 10.1. The van der Waals surface area contributed by atoms with Gasteiger partial charge < -0.3 is 19.5 Å². The average Bonchev–Trinajstić information content (AvgIpc) is 3.10. The smallest absolute Gasteiger partial charge is 0.387 e. The molecule has 1 N–H and O–H groups in total. The van der Waals surface area contributed by atoms with Crippen LogP contribution in [0.4, 0.5) is 8.78 Å². The molecule has 10 heteroatoms. The average molecular weight is 398 g/mol. The summed E-state index contributed by atoms with van der Waals surface area (Å²) in [6, 6.07) is 5.70. The van der Waals surface area contributed by atoms with Gasteiger partial charge in [0.05, 0.1) is 18.8 Å². The van der Waals surface area contributed by atoms with E-state index in [1.165, 1.54) is 23.0 Å². The van der Waals surface area contributed by atoms with E-state index in [1.807, 2.05) is 13.8 Å². The fourth-order valence-electron chi connectivity index (χ4n) is 2.48. The number of ether oxygens (including phenoxy) is 3. The van der Waals surface area contributed by atoms with Crippen LogP contribution in [0, 0.1) is 0 Å². The topological polar surface area (TPSA) is 87.5 Å². The maximum absolute atomic E-state index is 12.4. The summed E-state index contributed by atoms with van der Waals surface area (Å²) in [7, 11) is 0. The molecule has 1 atom stereocenters. The number of nitrogens with one attached hydrogen (secondary N) is 1. The van der Waals surface area contributed by atoms with Crippen LogP contribution in [0.15, 0.2) is 30.5 Å². The Morgan fingerprint density at radius 3 is 2.61 bits per heavy atom. The largest absolute Gasteiger partial charge is 0.435 e. The highest BCUT2D eigenvalue weighted by atomic mass is 19.3. The molecule has 2 aromatic rings. The van der Waals surface area contributed by atoms with Gasteiger partial charge in [0.1, 0.15) is 5.75 Å². The van der Waals surface area contributed by atoms with Crippen LogP contribution < -0.4 is 10.1 Å². The number of hydrogen-bond donors (Lipinski definition) is 1. The van der Waals surface area contributed by atoms with Crippen LogP contribution in [0.2, 0.25) is 0 Å². The number of rotatable bonds is 11. The van der Waals surface area contributed by atoms with E-state index in [9.17, 15) is 13.6 Å². The normalized spacial score (nSPS) is 12.4. The summed E-state index contributed by atoms with van der Waals surface area (Å²) in [5, 5.41) is 10.5. The van der Waals surface area contributed by atoms with Crippen molar-refractivity contribution >= 4 is 5.91 Å². The predicted octanol–water partition coefficient (Wildman–Crippen LogP) is 2.77. The summed E-state index contributed by atoms with van der Waals surface area (Å²) in [5.41, 5.74) is 0.741. The number of aromatic nitrogens is 3. The summed E-state index contributed by atoms with van der Waals surface area (Å²) in [6.45, 7) is 3.79. The zero-order valence-corrected chi connectivity index (χ0v) is 16.0. The van der Waals surface area contributed by atoms with Crippen molar-refractivity contribution in [1.29, 1.82) is 0 Å². The molecule has 0 radical (unpaired) electrons. The molecule has 8 nitrogen and oxygen atoms in total. The lowest BCUT2D eigenvalue weighted by molar-refractivity contribution is -0.145. The van der Waals surface area contributed by atoms with Crippen LogP contribution in [-0.4, -0.2) is 47.0 Å². The van der Waals surface area contributed by atoms with E-state index in [1.54, 1.807) is 19.1 Å². The van der Waals surface area contributed by atoms with E-state index >= 15 is 0 Å². The quantitative estimate of drug-likeness (QED) is 0.586. The first kappa shape index (κ1) is 21.7. The number of carbonyl (C=O) groups is 1. The molecular weight excluding hydrogens is 374 g/mol. The van der Waals surface area contributed by atoms with Gasteiger partial charge >= 0.3 is 6.61 Å². The fourth-order valence-corrected chi connectivity index (χ4v) is 2.48. The molecule has 1 heterocycles. The van der Waals surface area contributed by atoms with Gasteiger partial charge in [0.2, 0.25) is 0 Å². The second-order valence-electron chi connectivity index (χ2n) is 5.81. The lowest BCUT2D eigenvalue weighted by Crippen LogP contribution is -2.27. The monoisotopic (exact) mass is 398 g/mol. The van der Waals surface area contributed by atoms with Gasteiger partial charge in [-0.15, -0.1) is 5.10 Å². The lowest BCUT2D eigenvalue weighted by Gasteiger charge is -2.16. The highest BCUT2D eigenvalue weighted by molar-refractivity contribution is 5.92. The van der Waals surface area contributed by atoms with Gasteiger partial charge in [0.25, 0.3) is 5.91 Å².